The standard InChI is InChI=1S/C13H24N6.HI/c1-5-14-12(16-13(2,3)4)15-9-11-18-17-10-7-6-8-19(10)11;/h5-9H2,1-4H3,(H2,14,15,16);1H. The van der Waals surface area contributed by atoms with Gasteiger partial charge in [-0.05, 0) is 34.1 Å². The molecule has 2 rings (SSSR count). The van der Waals surface area contributed by atoms with Crippen LogP contribution in [-0.4, -0.2) is 32.8 Å². The Kier molecular flexibility index (Phi) is 6.22. The summed E-state index contributed by atoms with van der Waals surface area (Å²) >= 11 is 0. The van der Waals surface area contributed by atoms with Gasteiger partial charge in [0.05, 0.1) is 0 Å². The first-order chi connectivity index (χ1) is 8.99. The van der Waals surface area contributed by atoms with E-state index in [4.69, 9.17) is 0 Å². The zero-order valence-corrected chi connectivity index (χ0v) is 15.1. The van der Waals surface area contributed by atoms with E-state index in [1.165, 1.54) is 6.42 Å². The van der Waals surface area contributed by atoms with Gasteiger partial charge in [0, 0.05) is 25.0 Å². The number of nitrogens with zero attached hydrogens (tertiary/aromatic N) is 4. The third-order valence-corrected chi connectivity index (χ3v) is 2.90. The molecule has 6 nitrogen and oxygen atoms in total. The van der Waals surface area contributed by atoms with Crippen LogP contribution in [0, 0.1) is 0 Å². The summed E-state index contributed by atoms with van der Waals surface area (Å²) in [6, 6.07) is 0. The van der Waals surface area contributed by atoms with E-state index in [0.29, 0.717) is 6.54 Å². The van der Waals surface area contributed by atoms with Gasteiger partial charge in [-0.1, -0.05) is 0 Å². The van der Waals surface area contributed by atoms with Crippen LogP contribution in [0.2, 0.25) is 0 Å². The summed E-state index contributed by atoms with van der Waals surface area (Å²) in [6.07, 6.45) is 2.21. The van der Waals surface area contributed by atoms with Crippen LogP contribution in [0.1, 0.15) is 45.8 Å². The lowest BCUT2D eigenvalue weighted by Gasteiger charge is -2.23. The lowest BCUT2D eigenvalue weighted by atomic mass is 10.1. The highest BCUT2D eigenvalue weighted by Crippen LogP contribution is 2.14. The van der Waals surface area contributed by atoms with E-state index in [1.807, 2.05) is 0 Å². The van der Waals surface area contributed by atoms with Crippen LogP contribution < -0.4 is 10.6 Å². The number of aromatic nitrogens is 3. The van der Waals surface area contributed by atoms with E-state index >= 15 is 0 Å². The Morgan fingerprint density at radius 1 is 1.35 bits per heavy atom. The van der Waals surface area contributed by atoms with Gasteiger partial charge in [-0.2, -0.15) is 0 Å². The van der Waals surface area contributed by atoms with Crippen LogP contribution in [0.4, 0.5) is 0 Å². The Bertz CT molecular complexity index is 460. The summed E-state index contributed by atoms with van der Waals surface area (Å²) in [5.41, 5.74) is -0.00616. The molecule has 0 amide bonds. The van der Waals surface area contributed by atoms with E-state index < -0.39 is 0 Å². The summed E-state index contributed by atoms with van der Waals surface area (Å²) in [6.45, 7) is 10.9. The third-order valence-electron chi connectivity index (χ3n) is 2.90. The van der Waals surface area contributed by atoms with Gasteiger partial charge in [0.2, 0.25) is 0 Å². The monoisotopic (exact) mass is 392 g/mol. The first kappa shape index (κ1) is 17.2. The molecule has 0 saturated carbocycles. The summed E-state index contributed by atoms with van der Waals surface area (Å²) in [5, 5.41) is 15.0. The summed E-state index contributed by atoms with van der Waals surface area (Å²) in [4.78, 5) is 4.59. The van der Waals surface area contributed by atoms with Gasteiger partial charge < -0.3 is 15.2 Å². The number of fused-ring (bicyclic) bond motifs is 1. The van der Waals surface area contributed by atoms with Crippen LogP contribution in [0.5, 0.6) is 0 Å². The molecule has 0 radical (unpaired) electrons. The second kappa shape index (κ2) is 7.24. The van der Waals surface area contributed by atoms with Crippen molar-refractivity contribution in [3.05, 3.63) is 11.6 Å². The molecule has 2 heterocycles. The molecule has 1 aliphatic rings. The molecule has 0 bridgehead atoms. The van der Waals surface area contributed by atoms with Gasteiger partial charge in [0.1, 0.15) is 12.4 Å². The number of aliphatic imine (C=N–C) groups is 1. The molecule has 0 unspecified atom stereocenters. The smallest absolute Gasteiger partial charge is 0.192 e. The van der Waals surface area contributed by atoms with E-state index in [0.717, 1.165) is 37.1 Å². The van der Waals surface area contributed by atoms with Gasteiger partial charge >= 0.3 is 0 Å². The topological polar surface area (TPSA) is 67.1 Å². The second-order valence-corrected chi connectivity index (χ2v) is 5.86. The number of hydrogen-bond acceptors (Lipinski definition) is 3. The van der Waals surface area contributed by atoms with E-state index in [-0.39, 0.29) is 29.5 Å². The Morgan fingerprint density at radius 3 is 2.75 bits per heavy atom. The maximum Gasteiger partial charge on any atom is 0.192 e. The summed E-state index contributed by atoms with van der Waals surface area (Å²) in [7, 11) is 0. The number of guanidine groups is 1. The lowest BCUT2D eigenvalue weighted by Crippen LogP contribution is -2.47. The van der Waals surface area contributed by atoms with Crippen LogP contribution in [0.15, 0.2) is 4.99 Å². The molecule has 1 aromatic heterocycles. The van der Waals surface area contributed by atoms with E-state index in [1.54, 1.807) is 0 Å². The average molecular weight is 392 g/mol. The van der Waals surface area contributed by atoms with E-state index in [2.05, 4.69) is 58.1 Å². The Balaban J connectivity index is 0.00000200. The van der Waals surface area contributed by atoms with Gasteiger partial charge in [-0.25, -0.2) is 4.99 Å². The Labute approximate surface area is 137 Å². The lowest BCUT2D eigenvalue weighted by molar-refractivity contribution is 0.501. The zero-order chi connectivity index (χ0) is 13.9. The largest absolute Gasteiger partial charge is 0.357 e. The molecule has 20 heavy (non-hydrogen) atoms. The first-order valence-corrected chi connectivity index (χ1v) is 6.97. The predicted molar refractivity (Wildman–Crippen MR) is 91.5 cm³/mol. The fourth-order valence-corrected chi connectivity index (χ4v) is 2.14. The average Bonchev–Trinajstić information content (AvgIpc) is 2.86. The van der Waals surface area contributed by atoms with Crippen molar-refractivity contribution >= 4 is 29.9 Å². The van der Waals surface area contributed by atoms with Crippen LogP contribution in [0.25, 0.3) is 0 Å². The molecule has 0 spiro atoms. The van der Waals surface area contributed by atoms with Gasteiger partial charge in [0.25, 0.3) is 0 Å². The maximum atomic E-state index is 4.59. The fourth-order valence-electron chi connectivity index (χ4n) is 2.14. The highest BCUT2D eigenvalue weighted by molar-refractivity contribution is 14.0. The summed E-state index contributed by atoms with van der Waals surface area (Å²) < 4.78 is 2.18. The molecule has 114 valence electrons. The van der Waals surface area contributed by atoms with Crippen molar-refractivity contribution < 1.29 is 0 Å². The molecular weight excluding hydrogens is 367 g/mol. The van der Waals surface area contributed by atoms with Gasteiger partial charge in [-0.3, -0.25) is 0 Å². The number of nitrogens with one attached hydrogen (secondary N) is 2. The van der Waals surface area contributed by atoms with Crippen molar-refractivity contribution in [1.82, 2.24) is 25.4 Å². The molecule has 1 aromatic rings. The molecule has 2 N–H and O–H groups in total. The van der Waals surface area contributed by atoms with Crippen molar-refractivity contribution in [2.45, 2.75) is 59.2 Å². The van der Waals surface area contributed by atoms with Crippen molar-refractivity contribution in [3.8, 4) is 0 Å². The minimum absolute atomic E-state index is 0. The molecule has 0 atom stereocenters. The fraction of sp³-hybridized carbons (Fsp3) is 0.769. The van der Waals surface area contributed by atoms with Crippen LogP contribution >= 0.6 is 24.0 Å². The first-order valence-electron chi connectivity index (χ1n) is 6.97. The SMILES string of the molecule is CCNC(=NCc1nnc2n1CCC2)NC(C)(C)C.I. The van der Waals surface area contributed by atoms with Crippen LogP contribution in [-0.2, 0) is 19.5 Å². The van der Waals surface area contributed by atoms with Gasteiger partial charge in [0.15, 0.2) is 11.8 Å². The Morgan fingerprint density at radius 2 is 2.10 bits per heavy atom. The zero-order valence-electron chi connectivity index (χ0n) is 12.7. The Hall–Kier alpha value is -0.860. The van der Waals surface area contributed by atoms with Crippen molar-refractivity contribution in [2.24, 2.45) is 4.99 Å². The number of hydrogen-bond donors (Lipinski definition) is 2. The van der Waals surface area contributed by atoms with Gasteiger partial charge in [-0.15, -0.1) is 34.2 Å². The minimum Gasteiger partial charge on any atom is -0.357 e. The predicted octanol–water partition coefficient (Wildman–Crippen LogP) is 1.70. The van der Waals surface area contributed by atoms with Crippen molar-refractivity contribution in [3.63, 3.8) is 0 Å². The number of aryl methyl sites for hydroxylation is 1. The minimum atomic E-state index is -0.00616. The van der Waals surface area contributed by atoms with Crippen LogP contribution in [0.3, 0.4) is 0 Å². The molecule has 0 fully saturated rings. The number of halogens is 1. The third kappa shape index (κ3) is 4.60. The molecule has 7 heteroatoms. The highest BCUT2D eigenvalue weighted by atomic mass is 127. The second-order valence-electron chi connectivity index (χ2n) is 5.86. The highest BCUT2D eigenvalue weighted by Gasteiger charge is 2.17. The number of rotatable bonds is 3. The molecule has 0 saturated heterocycles. The van der Waals surface area contributed by atoms with Crippen molar-refractivity contribution in [1.29, 1.82) is 0 Å². The molecule has 0 aliphatic carbocycles. The molecule has 1 aliphatic heterocycles. The summed E-state index contributed by atoms with van der Waals surface area (Å²) in [5.74, 6) is 2.88. The molecular formula is C13H25IN6. The van der Waals surface area contributed by atoms with Crippen molar-refractivity contribution in [2.75, 3.05) is 6.54 Å². The maximum absolute atomic E-state index is 4.59. The quantitative estimate of drug-likeness (QED) is 0.467. The molecule has 0 aromatic carbocycles. The van der Waals surface area contributed by atoms with E-state index in [9.17, 15) is 0 Å². The normalized spacial score (nSPS) is 14.7.